The van der Waals surface area contributed by atoms with E-state index in [1.54, 1.807) is 0 Å². The van der Waals surface area contributed by atoms with Crippen molar-refractivity contribution in [2.45, 2.75) is 37.3 Å². The Hall–Kier alpha value is -1.88. The molecule has 0 unspecified atom stereocenters. The van der Waals surface area contributed by atoms with Crippen LogP contribution in [0.4, 0.5) is 0 Å². The maximum absolute atomic E-state index is 13.5. The van der Waals surface area contributed by atoms with E-state index in [0.29, 0.717) is 6.42 Å². The van der Waals surface area contributed by atoms with Crippen LogP contribution in [0.5, 0.6) is 0 Å². The lowest BCUT2D eigenvalue weighted by Crippen LogP contribution is -2.57. The third-order valence-corrected chi connectivity index (χ3v) is 7.37. The molecule has 1 fully saturated rings. The smallest absolute Gasteiger partial charge is 0.240 e. The molecule has 0 radical (unpaired) electrons. The van der Waals surface area contributed by atoms with Crippen LogP contribution in [-0.2, 0) is 23.2 Å². The average Bonchev–Trinajstić information content (AvgIpc) is 2.76. The van der Waals surface area contributed by atoms with Gasteiger partial charge in [-0.1, -0.05) is 48.0 Å². The van der Waals surface area contributed by atoms with Crippen molar-refractivity contribution in [3.63, 3.8) is 0 Å². The number of fused-ring (bicyclic) bond motifs is 2. The second kappa shape index (κ2) is 8.70. The van der Waals surface area contributed by atoms with Gasteiger partial charge >= 0.3 is 0 Å². The molecule has 1 atom stereocenters. The van der Waals surface area contributed by atoms with Gasteiger partial charge in [0.15, 0.2) is 0 Å². The Balaban J connectivity index is 1.49. The van der Waals surface area contributed by atoms with Gasteiger partial charge in [-0.25, -0.2) is 0 Å². The monoisotopic (exact) mass is 425 g/mol. The molecule has 0 bridgehead atoms. The second-order valence-corrected chi connectivity index (χ2v) is 9.43. The zero-order valence-electron chi connectivity index (χ0n) is 18.3. The van der Waals surface area contributed by atoms with E-state index in [1.165, 1.54) is 11.1 Å². The molecular formula is C25H32ClN3O. The summed E-state index contributed by atoms with van der Waals surface area (Å²) in [6.07, 6.45) is 3.80. The van der Waals surface area contributed by atoms with Crippen LogP contribution in [0, 0.1) is 0 Å². The maximum Gasteiger partial charge on any atom is 0.240 e. The molecule has 1 saturated heterocycles. The summed E-state index contributed by atoms with van der Waals surface area (Å²) in [4.78, 5) is 20.1. The van der Waals surface area contributed by atoms with Gasteiger partial charge < -0.3 is 4.90 Å². The summed E-state index contributed by atoms with van der Waals surface area (Å²) in [5, 5.41) is 0.727. The Morgan fingerprint density at radius 3 is 2.40 bits per heavy atom. The lowest BCUT2D eigenvalue weighted by atomic mass is 9.74. The zero-order chi connectivity index (χ0) is 21.3. The highest BCUT2D eigenvalue weighted by atomic mass is 35.5. The predicted octanol–water partition coefficient (Wildman–Crippen LogP) is 3.82. The van der Waals surface area contributed by atoms with Crippen molar-refractivity contribution in [2.24, 2.45) is 0 Å². The van der Waals surface area contributed by atoms with Crippen molar-refractivity contribution in [3.8, 4) is 0 Å². The first-order chi connectivity index (χ1) is 14.4. The number of likely N-dealkylation sites (N-methyl/N-ethyl adjacent to an activating group) is 2. The van der Waals surface area contributed by atoms with E-state index in [-0.39, 0.29) is 17.5 Å². The first kappa shape index (κ1) is 21.4. The van der Waals surface area contributed by atoms with E-state index < -0.39 is 0 Å². The molecule has 2 aromatic carbocycles. The Morgan fingerprint density at radius 1 is 1.07 bits per heavy atom. The van der Waals surface area contributed by atoms with Gasteiger partial charge in [0.1, 0.15) is 0 Å². The van der Waals surface area contributed by atoms with E-state index in [9.17, 15) is 4.79 Å². The standard InChI is InChI=1S/C25H32ClN3O/c1-27(2)23(18-19-8-10-21(26)11-9-19)24(30)29-16-13-25(14-17-29)22-7-5-4-6-20(22)12-15-28(25)3/h4-11,23H,12-18H2,1-3H3/t23-/m1/s1. The van der Waals surface area contributed by atoms with Crippen molar-refractivity contribution in [1.29, 1.82) is 0 Å². The molecule has 0 aliphatic carbocycles. The van der Waals surface area contributed by atoms with Gasteiger partial charge in [-0.3, -0.25) is 14.6 Å². The quantitative estimate of drug-likeness (QED) is 0.745. The van der Waals surface area contributed by atoms with Gasteiger partial charge in [-0.15, -0.1) is 0 Å². The summed E-state index contributed by atoms with van der Waals surface area (Å²) >= 11 is 6.02. The molecule has 1 spiro atoms. The van der Waals surface area contributed by atoms with E-state index in [4.69, 9.17) is 11.6 Å². The number of carbonyl (C=O) groups excluding carboxylic acids is 1. The van der Waals surface area contributed by atoms with Gasteiger partial charge in [0.2, 0.25) is 5.91 Å². The van der Waals surface area contributed by atoms with Crippen molar-refractivity contribution in [3.05, 3.63) is 70.2 Å². The number of rotatable bonds is 4. The molecule has 4 rings (SSSR count). The number of halogens is 1. The number of carbonyl (C=O) groups is 1. The van der Waals surface area contributed by atoms with Gasteiger partial charge in [-0.2, -0.15) is 0 Å². The summed E-state index contributed by atoms with van der Waals surface area (Å²) in [6, 6.07) is 16.6. The van der Waals surface area contributed by atoms with E-state index >= 15 is 0 Å². The molecule has 2 aliphatic rings. The van der Waals surface area contributed by atoms with Crippen molar-refractivity contribution in [1.82, 2.24) is 14.7 Å². The summed E-state index contributed by atoms with van der Waals surface area (Å²) in [6.45, 7) is 2.70. The second-order valence-electron chi connectivity index (χ2n) is 9.00. The minimum absolute atomic E-state index is 0.0649. The van der Waals surface area contributed by atoms with Crippen LogP contribution in [-0.4, -0.2) is 67.4 Å². The number of piperidine rings is 1. The number of hydrogen-bond acceptors (Lipinski definition) is 3. The van der Waals surface area contributed by atoms with E-state index in [2.05, 4.69) is 41.1 Å². The fourth-order valence-electron chi connectivity index (χ4n) is 5.19. The third-order valence-electron chi connectivity index (χ3n) is 7.12. The number of benzene rings is 2. The fourth-order valence-corrected chi connectivity index (χ4v) is 5.32. The molecular weight excluding hydrogens is 394 g/mol. The number of hydrogen-bond donors (Lipinski definition) is 0. The summed E-state index contributed by atoms with van der Waals surface area (Å²) < 4.78 is 0. The highest BCUT2D eigenvalue weighted by molar-refractivity contribution is 6.30. The molecule has 2 heterocycles. The van der Waals surface area contributed by atoms with Crippen LogP contribution in [0.3, 0.4) is 0 Å². The Morgan fingerprint density at radius 2 is 1.73 bits per heavy atom. The molecule has 0 N–H and O–H groups in total. The molecule has 4 nitrogen and oxygen atoms in total. The Kier molecular flexibility index (Phi) is 6.19. The van der Waals surface area contributed by atoms with Crippen molar-refractivity contribution >= 4 is 17.5 Å². The Bertz CT molecular complexity index is 888. The minimum atomic E-state index is -0.156. The van der Waals surface area contributed by atoms with Crippen LogP contribution >= 0.6 is 11.6 Å². The number of likely N-dealkylation sites (tertiary alicyclic amines) is 1. The van der Waals surface area contributed by atoms with Crippen LogP contribution in [0.1, 0.15) is 29.5 Å². The summed E-state index contributed by atoms with van der Waals surface area (Å²) in [5.74, 6) is 0.233. The largest absolute Gasteiger partial charge is 0.341 e. The van der Waals surface area contributed by atoms with Gasteiger partial charge in [0, 0.05) is 30.2 Å². The number of nitrogens with zero attached hydrogens (tertiary/aromatic N) is 3. The van der Waals surface area contributed by atoms with Crippen LogP contribution in [0.2, 0.25) is 5.02 Å². The molecule has 5 heteroatoms. The SMILES string of the molecule is CN(C)[C@H](Cc1ccc(Cl)cc1)C(=O)N1CCC2(CC1)c1ccccc1CCN2C. The predicted molar refractivity (Wildman–Crippen MR) is 123 cm³/mol. The maximum atomic E-state index is 13.5. The molecule has 0 saturated carbocycles. The molecule has 160 valence electrons. The average molecular weight is 426 g/mol. The van der Waals surface area contributed by atoms with Crippen LogP contribution < -0.4 is 0 Å². The topological polar surface area (TPSA) is 26.8 Å². The van der Waals surface area contributed by atoms with Gasteiger partial charge in [0.25, 0.3) is 0 Å². The first-order valence-corrected chi connectivity index (χ1v) is 11.3. The lowest BCUT2D eigenvalue weighted by Gasteiger charge is -2.51. The molecule has 2 aromatic rings. The summed E-state index contributed by atoms with van der Waals surface area (Å²) in [5.41, 5.74) is 4.15. The normalized spacial score (nSPS) is 19.7. The zero-order valence-corrected chi connectivity index (χ0v) is 19.0. The highest BCUT2D eigenvalue weighted by Crippen LogP contribution is 2.42. The fraction of sp³-hybridized carbons (Fsp3) is 0.480. The third kappa shape index (κ3) is 4.01. The molecule has 0 aromatic heterocycles. The molecule has 1 amide bonds. The van der Waals surface area contributed by atoms with Crippen LogP contribution in [0.15, 0.2) is 48.5 Å². The lowest BCUT2D eigenvalue weighted by molar-refractivity contribution is -0.139. The van der Waals surface area contributed by atoms with Gasteiger partial charge in [-0.05, 0) is 75.6 Å². The highest BCUT2D eigenvalue weighted by Gasteiger charge is 2.44. The first-order valence-electron chi connectivity index (χ1n) is 10.9. The Labute approximate surface area is 185 Å². The number of amides is 1. The molecule has 30 heavy (non-hydrogen) atoms. The minimum Gasteiger partial charge on any atom is -0.341 e. The van der Waals surface area contributed by atoms with Crippen LogP contribution in [0.25, 0.3) is 0 Å². The van der Waals surface area contributed by atoms with E-state index in [0.717, 1.165) is 49.5 Å². The van der Waals surface area contributed by atoms with E-state index in [1.807, 2.05) is 43.3 Å². The summed E-state index contributed by atoms with van der Waals surface area (Å²) in [7, 11) is 6.24. The van der Waals surface area contributed by atoms with Crippen molar-refractivity contribution < 1.29 is 4.79 Å². The molecule has 2 aliphatic heterocycles. The van der Waals surface area contributed by atoms with Gasteiger partial charge in [0.05, 0.1) is 6.04 Å². The van der Waals surface area contributed by atoms with Crippen molar-refractivity contribution in [2.75, 3.05) is 40.8 Å².